The first kappa shape index (κ1) is 14.3. The van der Waals surface area contributed by atoms with Crippen molar-refractivity contribution in [1.29, 1.82) is 0 Å². The van der Waals surface area contributed by atoms with Crippen LogP contribution in [0.15, 0.2) is 36.5 Å². The highest BCUT2D eigenvalue weighted by molar-refractivity contribution is 5.88. The van der Waals surface area contributed by atoms with Gasteiger partial charge in [-0.25, -0.2) is 4.98 Å². The summed E-state index contributed by atoms with van der Waals surface area (Å²) in [5.41, 5.74) is 1.63. The third kappa shape index (κ3) is 3.72. The molecule has 2 aromatic rings. The number of hydrogen-bond donors (Lipinski definition) is 3. The highest BCUT2D eigenvalue weighted by Crippen LogP contribution is 2.23. The second kappa shape index (κ2) is 6.43. The van der Waals surface area contributed by atoms with E-state index in [-0.39, 0.29) is 5.91 Å². The maximum atomic E-state index is 11.0. The number of rotatable bonds is 5. The molecule has 1 fully saturated rings. The Hall–Kier alpha value is -2.63. The van der Waals surface area contributed by atoms with Crippen LogP contribution >= 0.6 is 0 Å². The Morgan fingerprint density at radius 1 is 1.14 bits per heavy atom. The van der Waals surface area contributed by atoms with Crippen LogP contribution in [0.25, 0.3) is 0 Å². The molecule has 1 aliphatic rings. The molecule has 1 aromatic carbocycles. The number of hydrogen-bond acceptors (Lipinski definition) is 5. The summed E-state index contributed by atoms with van der Waals surface area (Å²) >= 11 is 0. The molecule has 3 rings (SSSR count). The summed E-state index contributed by atoms with van der Waals surface area (Å²) in [4.78, 5) is 19.7. The summed E-state index contributed by atoms with van der Waals surface area (Å²) in [6, 6.07) is 9.84. The lowest BCUT2D eigenvalue weighted by Crippen LogP contribution is -2.27. The summed E-state index contributed by atoms with van der Waals surface area (Å²) in [7, 11) is 0. The number of aromatic nitrogens is 2. The van der Waals surface area contributed by atoms with Gasteiger partial charge in [0.2, 0.25) is 11.9 Å². The minimum absolute atomic E-state index is 0.0844. The predicted molar refractivity (Wildman–Crippen MR) is 87.3 cm³/mol. The first-order valence-corrected chi connectivity index (χ1v) is 7.43. The monoisotopic (exact) mass is 297 g/mol. The molecule has 22 heavy (non-hydrogen) atoms. The Balaban J connectivity index is 1.64. The van der Waals surface area contributed by atoms with Gasteiger partial charge in [0.05, 0.1) is 0 Å². The van der Waals surface area contributed by atoms with E-state index in [1.165, 1.54) is 26.2 Å². The van der Waals surface area contributed by atoms with Crippen LogP contribution in [0, 0.1) is 0 Å². The zero-order valence-electron chi connectivity index (χ0n) is 12.5. The van der Waals surface area contributed by atoms with E-state index < -0.39 is 0 Å². The van der Waals surface area contributed by atoms with E-state index >= 15 is 0 Å². The van der Waals surface area contributed by atoms with Crippen LogP contribution in [0.2, 0.25) is 0 Å². The van der Waals surface area contributed by atoms with Crippen molar-refractivity contribution in [3.8, 4) is 0 Å². The minimum atomic E-state index is -0.0844. The largest absolute Gasteiger partial charge is 0.367 e. The van der Waals surface area contributed by atoms with Crippen LogP contribution in [-0.2, 0) is 4.79 Å². The first-order valence-electron chi connectivity index (χ1n) is 7.43. The third-order valence-electron chi connectivity index (χ3n) is 3.57. The molecule has 1 aromatic heterocycles. The lowest BCUT2D eigenvalue weighted by Gasteiger charge is -2.26. The maximum Gasteiger partial charge on any atom is 0.229 e. The molecule has 0 radical (unpaired) electrons. The first-order chi connectivity index (χ1) is 10.7. The van der Waals surface area contributed by atoms with Gasteiger partial charge in [-0.3, -0.25) is 4.79 Å². The molecule has 0 atom stereocenters. The molecule has 6 heteroatoms. The number of amides is 1. The molecule has 0 spiro atoms. The van der Waals surface area contributed by atoms with Gasteiger partial charge in [-0.2, -0.15) is 4.98 Å². The summed E-state index contributed by atoms with van der Waals surface area (Å²) in [5.74, 6) is 1.31. The Bertz CT molecular complexity index is 652. The molecule has 1 aliphatic carbocycles. The Kier molecular flexibility index (Phi) is 4.18. The summed E-state index contributed by atoms with van der Waals surface area (Å²) in [5, 5.41) is 9.29. The van der Waals surface area contributed by atoms with Crippen molar-refractivity contribution in [1.82, 2.24) is 9.97 Å². The van der Waals surface area contributed by atoms with Crippen molar-refractivity contribution in [3.05, 3.63) is 36.5 Å². The van der Waals surface area contributed by atoms with Gasteiger partial charge in [-0.15, -0.1) is 0 Å². The topological polar surface area (TPSA) is 78.9 Å². The zero-order chi connectivity index (χ0) is 15.4. The van der Waals surface area contributed by atoms with Gasteiger partial charge in [-0.1, -0.05) is 0 Å². The van der Waals surface area contributed by atoms with E-state index in [2.05, 4.69) is 25.9 Å². The fourth-order valence-corrected chi connectivity index (χ4v) is 2.23. The van der Waals surface area contributed by atoms with Gasteiger partial charge in [0.25, 0.3) is 0 Å². The third-order valence-corrected chi connectivity index (χ3v) is 3.57. The second-order valence-corrected chi connectivity index (χ2v) is 5.42. The van der Waals surface area contributed by atoms with E-state index in [9.17, 15) is 4.79 Å². The number of nitrogens with zero attached hydrogens (tertiary/aromatic N) is 2. The van der Waals surface area contributed by atoms with Crippen LogP contribution in [0.3, 0.4) is 0 Å². The Morgan fingerprint density at radius 2 is 1.86 bits per heavy atom. The summed E-state index contributed by atoms with van der Waals surface area (Å²) in [6.45, 7) is 1.49. The average Bonchev–Trinajstić information content (AvgIpc) is 2.45. The SMILES string of the molecule is CC(=O)Nc1ccc(Nc2nccc(NC3CCC3)n2)cc1. The van der Waals surface area contributed by atoms with Gasteiger partial charge in [0.15, 0.2) is 0 Å². The Labute approximate surface area is 129 Å². The normalized spacial score (nSPS) is 14.0. The molecule has 0 bridgehead atoms. The quantitative estimate of drug-likeness (QED) is 0.790. The lowest BCUT2D eigenvalue weighted by atomic mass is 9.93. The van der Waals surface area contributed by atoms with E-state index in [1.807, 2.05) is 30.3 Å². The van der Waals surface area contributed by atoms with Gasteiger partial charge in [-0.05, 0) is 49.6 Å². The summed E-state index contributed by atoms with van der Waals surface area (Å²) in [6.07, 6.45) is 5.44. The number of carbonyl (C=O) groups excluding carboxylic acids is 1. The van der Waals surface area contributed by atoms with Crippen LogP contribution in [0.1, 0.15) is 26.2 Å². The molecule has 114 valence electrons. The smallest absolute Gasteiger partial charge is 0.229 e. The van der Waals surface area contributed by atoms with Gasteiger partial charge >= 0.3 is 0 Å². The number of carbonyl (C=O) groups is 1. The highest BCUT2D eigenvalue weighted by atomic mass is 16.1. The molecule has 0 saturated heterocycles. The van der Waals surface area contributed by atoms with Gasteiger partial charge in [0.1, 0.15) is 5.82 Å². The van der Waals surface area contributed by atoms with E-state index in [0.29, 0.717) is 12.0 Å². The minimum Gasteiger partial charge on any atom is -0.367 e. The van der Waals surface area contributed by atoms with Crippen molar-refractivity contribution in [2.45, 2.75) is 32.2 Å². The molecular weight excluding hydrogens is 278 g/mol. The molecule has 6 nitrogen and oxygen atoms in total. The molecule has 3 N–H and O–H groups in total. The highest BCUT2D eigenvalue weighted by Gasteiger charge is 2.17. The van der Waals surface area contributed by atoms with Crippen LogP contribution in [0.4, 0.5) is 23.1 Å². The average molecular weight is 297 g/mol. The number of anilines is 4. The Morgan fingerprint density at radius 3 is 2.50 bits per heavy atom. The van der Waals surface area contributed by atoms with Crippen LogP contribution < -0.4 is 16.0 Å². The van der Waals surface area contributed by atoms with Crippen molar-refractivity contribution in [3.63, 3.8) is 0 Å². The number of benzene rings is 1. The summed E-state index contributed by atoms with van der Waals surface area (Å²) < 4.78 is 0. The van der Waals surface area contributed by atoms with E-state index in [1.54, 1.807) is 6.20 Å². The molecule has 1 amide bonds. The van der Waals surface area contributed by atoms with Crippen molar-refractivity contribution >= 4 is 29.0 Å². The fourth-order valence-electron chi connectivity index (χ4n) is 2.23. The molecule has 1 heterocycles. The van der Waals surface area contributed by atoms with Crippen LogP contribution in [-0.4, -0.2) is 21.9 Å². The van der Waals surface area contributed by atoms with Gasteiger partial charge < -0.3 is 16.0 Å². The number of nitrogens with one attached hydrogen (secondary N) is 3. The molecule has 0 unspecified atom stereocenters. The van der Waals surface area contributed by atoms with Crippen LogP contribution in [0.5, 0.6) is 0 Å². The zero-order valence-corrected chi connectivity index (χ0v) is 12.5. The second-order valence-electron chi connectivity index (χ2n) is 5.42. The van der Waals surface area contributed by atoms with Crippen molar-refractivity contribution < 1.29 is 4.79 Å². The standard InChI is InChI=1S/C16H19N5O/c1-11(22)18-13-5-7-14(8-6-13)20-16-17-10-9-15(21-16)19-12-3-2-4-12/h5-10,12H,2-4H2,1H3,(H,18,22)(H2,17,19,20,21). The van der Waals surface area contributed by atoms with Gasteiger partial charge in [0, 0.05) is 30.5 Å². The molecular formula is C16H19N5O. The maximum absolute atomic E-state index is 11.0. The molecule has 1 saturated carbocycles. The van der Waals surface area contributed by atoms with Crippen molar-refractivity contribution in [2.24, 2.45) is 0 Å². The lowest BCUT2D eigenvalue weighted by molar-refractivity contribution is -0.114. The fraction of sp³-hybridized carbons (Fsp3) is 0.312. The van der Waals surface area contributed by atoms with E-state index in [0.717, 1.165) is 17.2 Å². The predicted octanol–water partition coefficient (Wildman–Crippen LogP) is 3.14. The van der Waals surface area contributed by atoms with Crippen molar-refractivity contribution in [2.75, 3.05) is 16.0 Å². The van der Waals surface area contributed by atoms with E-state index in [4.69, 9.17) is 0 Å². The molecule has 0 aliphatic heterocycles.